The third-order valence-corrected chi connectivity index (χ3v) is 18.3. The number of aromatic nitrogens is 6. The molecule has 0 radical (unpaired) electrons. The van der Waals surface area contributed by atoms with Gasteiger partial charge in [0, 0.05) is 70.2 Å². The molecule has 3 aromatic carbocycles. The second-order valence-corrected chi connectivity index (χ2v) is 26.2. The lowest BCUT2D eigenvalue weighted by Gasteiger charge is -2.48. The number of ether oxygens (including phenoxy) is 11. The molecule has 2 saturated heterocycles. The first kappa shape index (κ1) is 76.4. The number of imidazole rings is 1. The molecule has 0 saturated carbocycles. The normalized spacial score (nSPS) is 19.9. The minimum absolute atomic E-state index is 0.00188. The summed E-state index contributed by atoms with van der Waals surface area (Å²) in [5.41, 5.74) is -4.35. The van der Waals surface area contributed by atoms with E-state index in [-0.39, 0.29) is 114 Å². The van der Waals surface area contributed by atoms with Gasteiger partial charge < -0.3 is 61.2 Å². The molecule has 6 aromatic rings. The van der Waals surface area contributed by atoms with Crippen LogP contribution in [0.3, 0.4) is 0 Å². The lowest BCUT2D eigenvalue weighted by molar-refractivity contribution is -0.229. The number of methoxy groups -OCH3 is 2. The minimum atomic E-state index is -1.86. The van der Waals surface area contributed by atoms with Gasteiger partial charge in [-0.05, 0) is 75.6 Å². The van der Waals surface area contributed by atoms with Crippen molar-refractivity contribution in [2.45, 2.75) is 129 Å². The fourth-order valence-electron chi connectivity index (χ4n) is 11.7. The highest BCUT2D eigenvalue weighted by molar-refractivity contribution is 7.44. The molecular weight excluding hydrogens is 1310 g/mol. The fourth-order valence-corrected chi connectivity index (χ4v) is 13.4. The predicted molar refractivity (Wildman–Crippen MR) is 359 cm³/mol. The molecule has 31 heteroatoms. The monoisotopic (exact) mass is 1400 g/mol. The number of H-pyrrole nitrogens is 2. The van der Waals surface area contributed by atoms with Crippen molar-refractivity contribution >= 4 is 49.5 Å². The van der Waals surface area contributed by atoms with E-state index in [0.717, 1.165) is 37.5 Å². The maximum atomic E-state index is 14.0. The summed E-state index contributed by atoms with van der Waals surface area (Å²) in [7, 11) is 1.33. The van der Waals surface area contributed by atoms with Crippen LogP contribution >= 0.6 is 8.53 Å². The maximum absolute atomic E-state index is 14.0. The Hall–Kier alpha value is -8.31. The summed E-state index contributed by atoms with van der Waals surface area (Å²) in [6, 6.07) is 27.0. The lowest BCUT2D eigenvalue weighted by Crippen LogP contribution is -2.61. The van der Waals surface area contributed by atoms with Crippen molar-refractivity contribution in [2.75, 3.05) is 105 Å². The molecule has 8 rings (SSSR count). The number of nitrogens with one attached hydrogen (secondary N) is 3. The number of esters is 3. The van der Waals surface area contributed by atoms with Gasteiger partial charge in [0.15, 0.2) is 41.4 Å². The molecule has 0 bridgehead atoms. The van der Waals surface area contributed by atoms with E-state index < -0.39 is 110 Å². The molecule has 3 N–H and O–H groups in total. The summed E-state index contributed by atoms with van der Waals surface area (Å²) in [4.78, 5) is 107. The molecule has 2 aliphatic rings. The van der Waals surface area contributed by atoms with Crippen molar-refractivity contribution in [1.82, 2.24) is 38.6 Å². The third-order valence-electron chi connectivity index (χ3n) is 16.3. The number of hydrogen-bond donors (Lipinski definition) is 3. The van der Waals surface area contributed by atoms with Crippen molar-refractivity contribution in [3.05, 3.63) is 145 Å². The zero-order valence-corrected chi connectivity index (χ0v) is 58.7. The van der Waals surface area contributed by atoms with Crippen molar-refractivity contribution in [2.24, 2.45) is 5.92 Å². The summed E-state index contributed by atoms with van der Waals surface area (Å²) < 4.78 is 86.4. The molecule has 1 amide bonds. The Morgan fingerprint density at radius 3 is 1.94 bits per heavy atom. The first-order chi connectivity index (χ1) is 47.4. The zero-order valence-electron chi connectivity index (χ0n) is 57.8. The Morgan fingerprint density at radius 1 is 0.737 bits per heavy atom. The van der Waals surface area contributed by atoms with Gasteiger partial charge in [0.2, 0.25) is 11.9 Å². The first-order valence-corrected chi connectivity index (χ1v) is 33.6. The second kappa shape index (κ2) is 35.1. The molecule has 0 aliphatic carbocycles. The van der Waals surface area contributed by atoms with Crippen LogP contribution in [-0.2, 0) is 76.5 Å². The highest BCUT2D eigenvalue weighted by Gasteiger charge is 2.61. The second-order valence-electron chi connectivity index (χ2n) is 24.7. The van der Waals surface area contributed by atoms with Crippen molar-refractivity contribution in [3.8, 4) is 17.6 Å². The van der Waals surface area contributed by atoms with Crippen LogP contribution in [0, 0.1) is 24.2 Å². The van der Waals surface area contributed by atoms with E-state index in [1.54, 1.807) is 35.0 Å². The largest absolute Gasteiger partial charge is 0.497 e. The predicted octanol–water partition coefficient (Wildman–Crippen LogP) is 6.20. The van der Waals surface area contributed by atoms with E-state index in [4.69, 9.17) is 61.2 Å². The van der Waals surface area contributed by atoms with Crippen LogP contribution in [0.15, 0.2) is 106 Å². The zero-order chi connectivity index (χ0) is 71.6. The lowest BCUT2D eigenvalue weighted by atomic mass is 9.79. The fraction of sp³-hybridized carbons (Fsp3) is 0.529. The Kier molecular flexibility index (Phi) is 27.1. The van der Waals surface area contributed by atoms with Crippen LogP contribution in [-0.4, -0.2) is 198 Å². The highest BCUT2D eigenvalue weighted by atomic mass is 31.2. The number of morpholine rings is 1. The number of rotatable bonds is 36. The van der Waals surface area contributed by atoms with Gasteiger partial charge in [-0.2, -0.15) is 10.2 Å². The molecule has 5 heterocycles. The topological polar surface area (TPSA) is 349 Å². The number of nitrogens with zero attached hydrogens (tertiary/aromatic N) is 7. The van der Waals surface area contributed by atoms with E-state index in [1.807, 2.05) is 107 Å². The SMILES string of the molecule is COc1ccc(C(OC[C@]2(COP(OCCC#N)N(C(C)C)C(C)C)CN(CCOCCOCCOC[C@]3(COC(C)=O)O[C@@H](n4cnc5c(=O)[nH]c(NC(=O)C(C)C)nc54)[C@H](OC(C)=O)[C@@H]3OC(C)=O)C[C@H](n3cc(C)c(=O)[nH]c3=O)O2)(c2ccccc2)c2ccc(OC)cc2)cc1. The third kappa shape index (κ3) is 19.2. The Labute approximate surface area is 574 Å². The van der Waals surface area contributed by atoms with Gasteiger partial charge in [-0.25, -0.2) is 14.4 Å². The van der Waals surface area contributed by atoms with Gasteiger partial charge in [0.1, 0.15) is 29.3 Å². The number of aromatic amines is 2. The molecule has 536 valence electrons. The average Bonchev–Trinajstić information content (AvgIpc) is 1.71. The van der Waals surface area contributed by atoms with E-state index >= 15 is 0 Å². The van der Waals surface area contributed by atoms with Gasteiger partial charge in [0.05, 0.1) is 92.5 Å². The standard InChI is InChI=1S/C68H89N10O20P/c1-43(2)60(82)72-64-71-59-56(62(84)73-64)70-42-77(59)63-57(95-48(9)80)58(96-49(10)81)67(98-63,41-91-47(8)79)40-90-34-33-89-32-31-88-30-28-75-36-55(76-35-46(7)61(83)74-65(76)85)97-66(37-75,39-94-99(93-29-16-27-69)78(44(3)4)45(5)6)38-92-68(50-17-14-13-15-18-50,51-19-23-53(86-11)24-20-51)52-21-25-54(87-12)26-22-52/h13-15,17-26,35,42-45,55,57-58,63H,16,28-34,36-41H2,1-12H3,(H,74,83,85)(H2,71,72,73,82,84)/t55-,57-,58+,63-,66+,67-,99?/m1/s1. The molecule has 1 unspecified atom stereocenters. The van der Waals surface area contributed by atoms with Crippen LogP contribution in [0.5, 0.6) is 11.5 Å². The van der Waals surface area contributed by atoms with Gasteiger partial charge in [-0.15, -0.1) is 0 Å². The van der Waals surface area contributed by atoms with Crippen molar-refractivity contribution in [3.63, 3.8) is 0 Å². The molecule has 30 nitrogen and oxygen atoms in total. The number of benzene rings is 3. The smallest absolute Gasteiger partial charge is 0.330 e. The number of nitriles is 1. The van der Waals surface area contributed by atoms with Crippen LogP contribution in [0.2, 0.25) is 0 Å². The number of anilines is 1. The van der Waals surface area contributed by atoms with Crippen molar-refractivity contribution < 1.29 is 80.3 Å². The number of fused-ring (bicyclic) bond motifs is 1. The number of aryl methyl sites for hydroxylation is 1. The molecule has 0 spiro atoms. The van der Waals surface area contributed by atoms with Crippen LogP contribution in [0.25, 0.3) is 11.2 Å². The van der Waals surface area contributed by atoms with E-state index in [2.05, 4.69) is 40.9 Å². The molecular formula is C68H89N10O20P. The summed E-state index contributed by atoms with van der Waals surface area (Å²) >= 11 is 0. The van der Waals surface area contributed by atoms with Gasteiger partial charge in [-0.1, -0.05) is 68.4 Å². The number of carbonyl (C=O) groups is 4. The summed E-state index contributed by atoms with van der Waals surface area (Å²) in [6.45, 7) is 16.0. The summed E-state index contributed by atoms with van der Waals surface area (Å²) in [6.07, 6.45) is -2.64. The summed E-state index contributed by atoms with van der Waals surface area (Å²) in [5.74, 6) is -2.21. The molecule has 2 aliphatic heterocycles. The van der Waals surface area contributed by atoms with E-state index in [1.165, 1.54) is 21.7 Å². The van der Waals surface area contributed by atoms with Gasteiger partial charge in [0.25, 0.3) is 19.6 Å². The molecule has 99 heavy (non-hydrogen) atoms. The van der Waals surface area contributed by atoms with E-state index in [0.29, 0.717) is 11.5 Å². The number of carbonyl (C=O) groups excluding carboxylic acids is 4. The van der Waals surface area contributed by atoms with Gasteiger partial charge >= 0.3 is 23.6 Å². The summed E-state index contributed by atoms with van der Waals surface area (Å²) in [5, 5.41) is 12.2. The minimum Gasteiger partial charge on any atom is -0.497 e. The number of amides is 1. The average molecular weight is 1400 g/mol. The van der Waals surface area contributed by atoms with Crippen LogP contribution in [0.1, 0.15) is 103 Å². The molecule has 3 aromatic heterocycles. The molecule has 2 fully saturated rings. The van der Waals surface area contributed by atoms with Crippen LogP contribution < -0.4 is 31.6 Å². The molecule has 7 atom stereocenters. The highest BCUT2D eigenvalue weighted by Crippen LogP contribution is 2.49. The first-order valence-electron chi connectivity index (χ1n) is 32.5. The Balaban J connectivity index is 1.03. The van der Waals surface area contributed by atoms with Crippen LogP contribution in [0.4, 0.5) is 5.95 Å². The maximum Gasteiger partial charge on any atom is 0.330 e. The Bertz CT molecular complexity index is 3840. The number of hydrogen-bond acceptors (Lipinski definition) is 25. The van der Waals surface area contributed by atoms with Gasteiger partial charge in [-0.3, -0.25) is 58.1 Å². The van der Waals surface area contributed by atoms with E-state index in [9.17, 15) is 38.8 Å². The van der Waals surface area contributed by atoms with Crippen molar-refractivity contribution in [1.29, 1.82) is 5.26 Å². The Morgan fingerprint density at radius 2 is 1.35 bits per heavy atom. The quantitative estimate of drug-likeness (QED) is 0.0129.